The van der Waals surface area contributed by atoms with Crippen LogP contribution in [0.4, 0.5) is 10.1 Å². The van der Waals surface area contributed by atoms with E-state index >= 15 is 0 Å². The van der Waals surface area contributed by atoms with Gasteiger partial charge in [-0.2, -0.15) is 0 Å². The number of hydrazine groups is 1. The molecule has 4 heteroatoms. The maximum Gasteiger partial charge on any atom is 0.103 e. The van der Waals surface area contributed by atoms with Crippen LogP contribution in [0.25, 0.3) is 0 Å². The molecule has 0 saturated carbocycles. The van der Waals surface area contributed by atoms with Gasteiger partial charge in [-0.25, -0.2) is 9.40 Å². The number of nitrogens with zero attached hydrogens (tertiary/aromatic N) is 1. The minimum Gasteiger partial charge on any atom is -0.319 e. The summed E-state index contributed by atoms with van der Waals surface area (Å²) in [5.41, 5.74) is 4.37. The predicted molar refractivity (Wildman–Crippen MR) is 68.5 cm³/mol. The molecule has 1 fully saturated rings. The number of nitrogens with one attached hydrogen (secondary N) is 1. The Morgan fingerprint density at radius 3 is 2.40 bits per heavy atom. The maximum absolute atomic E-state index is 12.9. The molecule has 1 N–H and O–H groups in total. The van der Waals surface area contributed by atoms with Gasteiger partial charge in [0.05, 0.1) is 0 Å². The molecule has 1 aromatic rings. The fourth-order valence-electron chi connectivity index (χ4n) is 1.67. The number of halogens is 2. The quantitative estimate of drug-likeness (QED) is 0.843. The molecule has 0 aromatic heterocycles. The fraction of sp³-hybridized carbons (Fsp3) is 0.455. The highest BCUT2D eigenvalue weighted by molar-refractivity contribution is 14.1. The molecule has 1 aliphatic rings. The van der Waals surface area contributed by atoms with Crippen molar-refractivity contribution in [3.8, 4) is 0 Å². The lowest BCUT2D eigenvalue weighted by Crippen LogP contribution is -2.38. The van der Waals surface area contributed by atoms with Gasteiger partial charge in [0.1, 0.15) is 6.17 Å². The maximum atomic E-state index is 12.9. The zero-order valence-electron chi connectivity index (χ0n) is 8.42. The lowest BCUT2D eigenvalue weighted by atomic mass is 10.1. The topological polar surface area (TPSA) is 15.3 Å². The summed E-state index contributed by atoms with van der Waals surface area (Å²) in [6.07, 6.45) is 0.661. The molecule has 0 atom stereocenters. The molecule has 82 valence electrons. The van der Waals surface area contributed by atoms with E-state index in [1.807, 2.05) is 12.1 Å². The Balaban J connectivity index is 1.89. The summed E-state index contributed by atoms with van der Waals surface area (Å²) >= 11 is 2.28. The van der Waals surface area contributed by atoms with Crippen LogP contribution in [0.2, 0.25) is 0 Å². The normalized spacial score (nSPS) is 19.1. The highest BCUT2D eigenvalue weighted by atomic mass is 127. The second-order valence-corrected chi connectivity index (χ2v) is 5.03. The summed E-state index contributed by atoms with van der Waals surface area (Å²) in [5.74, 6) is 0. The van der Waals surface area contributed by atoms with E-state index in [0.717, 1.165) is 18.8 Å². The Kier molecular flexibility index (Phi) is 3.80. The van der Waals surface area contributed by atoms with Crippen molar-refractivity contribution in [2.45, 2.75) is 19.0 Å². The summed E-state index contributed by atoms with van der Waals surface area (Å²) in [6.45, 7) is 1.57. The zero-order chi connectivity index (χ0) is 10.7. The van der Waals surface area contributed by atoms with Crippen molar-refractivity contribution >= 4 is 28.3 Å². The highest BCUT2D eigenvalue weighted by Crippen LogP contribution is 2.16. The molecule has 0 radical (unpaired) electrons. The first-order valence-corrected chi connectivity index (χ1v) is 6.23. The van der Waals surface area contributed by atoms with Crippen LogP contribution in [0.5, 0.6) is 0 Å². The minimum atomic E-state index is -0.611. The van der Waals surface area contributed by atoms with Gasteiger partial charge in [0.2, 0.25) is 0 Å². The van der Waals surface area contributed by atoms with Crippen LogP contribution < -0.4 is 5.43 Å². The van der Waals surface area contributed by atoms with Crippen molar-refractivity contribution in [1.29, 1.82) is 0 Å². The van der Waals surface area contributed by atoms with Gasteiger partial charge in [-0.15, -0.1) is 0 Å². The number of benzene rings is 1. The Morgan fingerprint density at radius 1 is 1.20 bits per heavy atom. The van der Waals surface area contributed by atoms with E-state index in [-0.39, 0.29) is 0 Å². The Morgan fingerprint density at radius 2 is 1.80 bits per heavy atom. The first-order chi connectivity index (χ1) is 7.24. The van der Waals surface area contributed by atoms with Gasteiger partial charge in [-0.3, -0.25) is 0 Å². The van der Waals surface area contributed by atoms with Crippen molar-refractivity contribution in [3.05, 3.63) is 27.8 Å². The van der Waals surface area contributed by atoms with E-state index in [4.69, 9.17) is 0 Å². The Hall–Kier alpha value is -0.360. The highest BCUT2D eigenvalue weighted by Gasteiger charge is 2.17. The number of anilines is 1. The molecule has 2 rings (SSSR count). The van der Waals surface area contributed by atoms with Crippen molar-refractivity contribution < 1.29 is 4.39 Å². The standard InChI is InChI=1S/C11H14FIN2/c12-9-5-7-15(8-6-9)14-11-3-1-10(13)2-4-11/h1-4,9,14H,5-8H2. The van der Waals surface area contributed by atoms with Crippen LogP contribution in [0.1, 0.15) is 12.8 Å². The first kappa shape index (κ1) is 11.1. The van der Waals surface area contributed by atoms with Gasteiger partial charge < -0.3 is 5.43 Å². The molecule has 0 aliphatic carbocycles. The monoisotopic (exact) mass is 320 g/mol. The number of hydrogen-bond donors (Lipinski definition) is 1. The number of alkyl halides is 1. The van der Waals surface area contributed by atoms with Gasteiger partial charge in [0.15, 0.2) is 0 Å². The summed E-state index contributed by atoms with van der Waals surface area (Å²) in [7, 11) is 0. The molecule has 0 bridgehead atoms. The molecule has 1 saturated heterocycles. The number of piperidine rings is 1. The molecule has 0 unspecified atom stereocenters. The average Bonchev–Trinajstić information content (AvgIpc) is 2.25. The average molecular weight is 320 g/mol. The largest absolute Gasteiger partial charge is 0.319 e. The smallest absolute Gasteiger partial charge is 0.103 e. The van der Waals surface area contributed by atoms with Gasteiger partial charge in [0, 0.05) is 22.3 Å². The molecule has 1 aliphatic heterocycles. The second-order valence-electron chi connectivity index (χ2n) is 3.78. The third-order valence-corrected chi connectivity index (χ3v) is 3.28. The SMILES string of the molecule is FC1CCN(Nc2ccc(I)cc2)CC1. The van der Waals surface area contributed by atoms with Crippen LogP contribution >= 0.6 is 22.6 Å². The van der Waals surface area contributed by atoms with E-state index in [9.17, 15) is 4.39 Å². The molecule has 0 amide bonds. The van der Waals surface area contributed by atoms with Crippen LogP contribution in [-0.2, 0) is 0 Å². The van der Waals surface area contributed by atoms with Gasteiger partial charge in [-0.1, -0.05) is 0 Å². The van der Waals surface area contributed by atoms with Crippen LogP contribution in [0.3, 0.4) is 0 Å². The van der Waals surface area contributed by atoms with Crippen molar-refractivity contribution in [1.82, 2.24) is 5.01 Å². The second kappa shape index (κ2) is 5.12. The fourth-order valence-corrected chi connectivity index (χ4v) is 2.03. The predicted octanol–water partition coefficient (Wildman–Crippen LogP) is 3.05. The van der Waals surface area contributed by atoms with Gasteiger partial charge in [-0.05, 0) is 59.7 Å². The molecule has 1 aromatic carbocycles. The van der Waals surface area contributed by atoms with E-state index in [2.05, 4.69) is 45.2 Å². The minimum absolute atomic E-state index is 0.611. The van der Waals surface area contributed by atoms with Crippen molar-refractivity contribution in [2.24, 2.45) is 0 Å². The van der Waals surface area contributed by atoms with E-state index in [1.165, 1.54) is 3.57 Å². The third kappa shape index (κ3) is 3.31. The Bertz CT molecular complexity index is 307. The molecular formula is C11H14FIN2. The van der Waals surface area contributed by atoms with Crippen LogP contribution in [-0.4, -0.2) is 24.3 Å². The summed E-state index contributed by atoms with van der Waals surface area (Å²) in [6, 6.07) is 8.21. The van der Waals surface area contributed by atoms with Crippen LogP contribution in [0.15, 0.2) is 24.3 Å². The molecular weight excluding hydrogens is 306 g/mol. The zero-order valence-corrected chi connectivity index (χ0v) is 10.6. The van der Waals surface area contributed by atoms with E-state index < -0.39 is 6.17 Å². The van der Waals surface area contributed by atoms with Gasteiger partial charge in [0.25, 0.3) is 0 Å². The third-order valence-electron chi connectivity index (χ3n) is 2.56. The first-order valence-electron chi connectivity index (χ1n) is 5.15. The van der Waals surface area contributed by atoms with Crippen molar-refractivity contribution in [3.63, 3.8) is 0 Å². The van der Waals surface area contributed by atoms with E-state index in [1.54, 1.807) is 0 Å². The lowest BCUT2D eigenvalue weighted by Gasteiger charge is -2.29. The molecule has 2 nitrogen and oxygen atoms in total. The number of hydrogen-bond acceptors (Lipinski definition) is 2. The summed E-state index contributed by atoms with van der Waals surface area (Å²) < 4.78 is 14.1. The molecule has 1 heterocycles. The Labute approximate surface area is 103 Å². The summed E-state index contributed by atoms with van der Waals surface area (Å²) in [5, 5.41) is 2.08. The van der Waals surface area contributed by atoms with Crippen molar-refractivity contribution in [2.75, 3.05) is 18.5 Å². The number of rotatable bonds is 2. The van der Waals surface area contributed by atoms with Crippen LogP contribution in [0, 0.1) is 3.57 Å². The summed E-state index contributed by atoms with van der Waals surface area (Å²) in [4.78, 5) is 0. The van der Waals surface area contributed by atoms with Gasteiger partial charge >= 0.3 is 0 Å². The molecule has 15 heavy (non-hydrogen) atoms. The van der Waals surface area contributed by atoms with E-state index in [0.29, 0.717) is 12.8 Å². The molecule has 0 spiro atoms. The lowest BCUT2D eigenvalue weighted by molar-refractivity contribution is 0.173.